The predicted molar refractivity (Wildman–Crippen MR) is 100 cm³/mol. The van der Waals surface area contributed by atoms with E-state index in [2.05, 4.69) is 26.8 Å². The Balaban J connectivity index is 2.71. The monoisotopic (exact) mass is 344 g/mol. The van der Waals surface area contributed by atoms with E-state index in [0.29, 0.717) is 9.79 Å². The summed E-state index contributed by atoms with van der Waals surface area (Å²) in [6.07, 6.45) is 1.96. The van der Waals surface area contributed by atoms with Gasteiger partial charge >= 0.3 is 0 Å². The maximum Gasteiger partial charge on any atom is 0.206 e. The Morgan fingerprint density at radius 2 is 1.54 bits per heavy atom. The molecule has 0 fully saturated rings. The summed E-state index contributed by atoms with van der Waals surface area (Å²) in [4.78, 5) is 0.813. The molecule has 0 aliphatic heterocycles. The third-order valence-corrected chi connectivity index (χ3v) is 7.06. The van der Waals surface area contributed by atoms with Crippen LogP contribution in [0.4, 0.5) is 0 Å². The molecule has 0 spiro atoms. The third kappa shape index (κ3) is 3.41. The summed E-state index contributed by atoms with van der Waals surface area (Å²) < 4.78 is 26.4. The first kappa shape index (κ1) is 18.7. The van der Waals surface area contributed by atoms with E-state index in [9.17, 15) is 8.42 Å². The minimum atomic E-state index is -3.51. The van der Waals surface area contributed by atoms with Crippen molar-refractivity contribution in [1.29, 1.82) is 0 Å². The fourth-order valence-corrected chi connectivity index (χ4v) is 4.67. The summed E-state index contributed by atoms with van der Waals surface area (Å²) in [5.41, 5.74) is 1.99. The lowest BCUT2D eigenvalue weighted by Gasteiger charge is -2.29. The molecule has 24 heavy (non-hydrogen) atoms. The predicted octanol–water partition coefficient (Wildman–Crippen LogP) is 5.72. The third-order valence-electron chi connectivity index (χ3n) is 5.24. The van der Waals surface area contributed by atoms with Crippen LogP contribution in [0.25, 0.3) is 0 Å². The maximum absolute atomic E-state index is 13.2. The quantitative estimate of drug-likeness (QED) is 0.671. The van der Waals surface area contributed by atoms with Gasteiger partial charge in [0.25, 0.3) is 0 Å². The van der Waals surface area contributed by atoms with E-state index >= 15 is 0 Å². The largest absolute Gasteiger partial charge is 0.219 e. The zero-order valence-electron chi connectivity index (χ0n) is 15.3. The zero-order chi connectivity index (χ0) is 18.0. The molecule has 0 N–H and O–H groups in total. The van der Waals surface area contributed by atoms with Crippen molar-refractivity contribution in [2.24, 2.45) is 0 Å². The molecule has 0 bridgehead atoms. The molecule has 2 rings (SSSR count). The second-order valence-corrected chi connectivity index (χ2v) is 8.91. The van der Waals surface area contributed by atoms with Crippen LogP contribution in [0.3, 0.4) is 0 Å². The number of rotatable bonds is 6. The summed E-state index contributed by atoms with van der Waals surface area (Å²) in [5.74, 6) is 0.155. The van der Waals surface area contributed by atoms with Crippen molar-refractivity contribution >= 4 is 9.84 Å². The van der Waals surface area contributed by atoms with Gasteiger partial charge in [-0.3, -0.25) is 0 Å². The molecule has 0 heterocycles. The van der Waals surface area contributed by atoms with Gasteiger partial charge in [0.2, 0.25) is 9.84 Å². The van der Waals surface area contributed by atoms with Crippen molar-refractivity contribution in [2.45, 2.75) is 68.6 Å². The highest BCUT2D eigenvalue weighted by Crippen LogP contribution is 2.36. The summed E-state index contributed by atoms with van der Waals surface area (Å²) in [7, 11) is -3.51. The second-order valence-electron chi connectivity index (χ2n) is 6.99. The van der Waals surface area contributed by atoms with E-state index in [-0.39, 0.29) is 11.3 Å². The Bertz CT molecular complexity index is 786. The smallest absolute Gasteiger partial charge is 0.206 e. The lowest BCUT2D eigenvalue weighted by Crippen LogP contribution is -2.20. The van der Waals surface area contributed by atoms with E-state index in [1.807, 2.05) is 32.0 Å². The number of benzene rings is 2. The molecule has 2 aromatic carbocycles. The second kappa shape index (κ2) is 7.10. The SMILES string of the molecule is CCC(C)(CC)c1ccc(C(C)C)c(S(=O)(=O)c2ccccc2)c1. The molecule has 3 heteroatoms. The first-order chi connectivity index (χ1) is 11.3. The highest BCUT2D eigenvalue weighted by Gasteiger charge is 2.28. The minimum Gasteiger partial charge on any atom is -0.219 e. The first-order valence-electron chi connectivity index (χ1n) is 8.70. The van der Waals surface area contributed by atoms with Gasteiger partial charge in [-0.1, -0.05) is 65.0 Å². The molecule has 0 aliphatic carbocycles. The highest BCUT2D eigenvalue weighted by atomic mass is 32.2. The van der Waals surface area contributed by atoms with Crippen LogP contribution in [0.5, 0.6) is 0 Å². The summed E-state index contributed by atoms with van der Waals surface area (Å²) in [5, 5.41) is 0. The van der Waals surface area contributed by atoms with Gasteiger partial charge in [0.15, 0.2) is 0 Å². The topological polar surface area (TPSA) is 34.1 Å². The van der Waals surface area contributed by atoms with Crippen LogP contribution in [0.2, 0.25) is 0 Å². The molecular formula is C21H28O2S. The Kier molecular flexibility index (Phi) is 5.54. The van der Waals surface area contributed by atoms with E-state index < -0.39 is 9.84 Å². The standard InChI is InChI=1S/C21H28O2S/c1-6-21(5,7-2)17-13-14-19(16(3)4)20(15-17)24(22,23)18-11-9-8-10-12-18/h8-16H,6-7H2,1-5H3. The minimum absolute atomic E-state index is 0.00350. The first-order valence-corrected chi connectivity index (χ1v) is 10.2. The van der Waals surface area contributed by atoms with Crippen molar-refractivity contribution in [3.63, 3.8) is 0 Å². The summed E-state index contributed by atoms with van der Waals surface area (Å²) >= 11 is 0. The van der Waals surface area contributed by atoms with Crippen LogP contribution in [0.15, 0.2) is 58.3 Å². The van der Waals surface area contributed by atoms with Crippen LogP contribution in [0.1, 0.15) is 64.5 Å². The van der Waals surface area contributed by atoms with Crippen molar-refractivity contribution in [3.05, 3.63) is 59.7 Å². The molecule has 2 aromatic rings. The van der Waals surface area contributed by atoms with Crippen LogP contribution < -0.4 is 0 Å². The molecule has 0 saturated heterocycles. The molecule has 0 aliphatic rings. The Labute approximate surface area is 146 Å². The van der Waals surface area contributed by atoms with Crippen molar-refractivity contribution in [2.75, 3.05) is 0 Å². The number of hydrogen-bond donors (Lipinski definition) is 0. The van der Waals surface area contributed by atoms with Gasteiger partial charge in [-0.15, -0.1) is 0 Å². The molecule has 0 aromatic heterocycles. The van der Waals surface area contributed by atoms with E-state index in [0.717, 1.165) is 24.0 Å². The lowest BCUT2D eigenvalue weighted by molar-refractivity contribution is 0.437. The van der Waals surface area contributed by atoms with E-state index in [4.69, 9.17) is 0 Å². The number of hydrogen-bond acceptors (Lipinski definition) is 2. The molecule has 0 atom stereocenters. The molecule has 0 saturated carbocycles. The van der Waals surface area contributed by atoms with Gasteiger partial charge in [0.1, 0.15) is 0 Å². The number of sulfone groups is 1. The molecule has 0 radical (unpaired) electrons. The van der Waals surface area contributed by atoms with Crippen molar-refractivity contribution in [1.82, 2.24) is 0 Å². The highest BCUT2D eigenvalue weighted by molar-refractivity contribution is 7.91. The van der Waals surface area contributed by atoms with Crippen LogP contribution in [-0.4, -0.2) is 8.42 Å². The van der Waals surface area contributed by atoms with Gasteiger partial charge in [-0.25, -0.2) is 8.42 Å². The van der Waals surface area contributed by atoms with E-state index in [1.165, 1.54) is 0 Å². The molecule has 2 nitrogen and oxygen atoms in total. The van der Waals surface area contributed by atoms with Crippen LogP contribution in [-0.2, 0) is 15.3 Å². The maximum atomic E-state index is 13.2. The fourth-order valence-electron chi connectivity index (χ4n) is 3.00. The zero-order valence-corrected chi connectivity index (χ0v) is 16.2. The van der Waals surface area contributed by atoms with Gasteiger partial charge < -0.3 is 0 Å². The Morgan fingerprint density at radius 1 is 0.958 bits per heavy atom. The molecule has 130 valence electrons. The van der Waals surface area contributed by atoms with Gasteiger partial charge in [0, 0.05) is 0 Å². The molecule has 0 amide bonds. The lowest BCUT2D eigenvalue weighted by atomic mass is 9.77. The van der Waals surface area contributed by atoms with Gasteiger partial charge in [-0.05, 0) is 53.5 Å². The van der Waals surface area contributed by atoms with Crippen LogP contribution in [0, 0.1) is 0 Å². The molecular weight excluding hydrogens is 316 g/mol. The molecule has 0 unspecified atom stereocenters. The normalized spacial score (nSPS) is 12.6. The summed E-state index contributed by atoms with van der Waals surface area (Å²) in [6.45, 7) is 10.6. The van der Waals surface area contributed by atoms with E-state index in [1.54, 1.807) is 24.3 Å². The average Bonchev–Trinajstić information content (AvgIpc) is 2.61. The summed E-state index contributed by atoms with van der Waals surface area (Å²) in [6, 6.07) is 14.7. The van der Waals surface area contributed by atoms with Crippen molar-refractivity contribution < 1.29 is 8.42 Å². The van der Waals surface area contributed by atoms with Gasteiger partial charge in [-0.2, -0.15) is 0 Å². The van der Waals surface area contributed by atoms with Crippen LogP contribution >= 0.6 is 0 Å². The average molecular weight is 345 g/mol. The van der Waals surface area contributed by atoms with Gasteiger partial charge in [0.05, 0.1) is 9.79 Å². The van der Waals surface area contributed by atoms with Crippen molar-refractivity contribution in [3.8, 4) is 0 Å². The Hall–Kier alpha value is -1.61. The fraction of sp³-hybridized carbons (Fsp3) is 0.429. The Morgan fingerprint density at radius 3 is 2.04 bits per heavy atom.